The first-order valence-electron chi connectivity index (χ1n) is 9.07. The van der Waals surface area contributed by atoms with E-state index in [4.69, 9.17) is 0 Å². The lowest BCUT2D eigenvalue weighted by Crippen LogP contribution is -2.38. The van der Waals surface area contributed by atoms with Crippen molar-refractivity contribution in [2.75, 3.05) is 0 Å². The van der Waals surface area contributed by atoms with E-state index in [1.165, 1.54) is 0 Å². The summed E-state index contributed by atoms with van der Waals surface area (Å²) in [4.78, 5) is 31.1. The summed E-state index contributed by atoms with van der Waals surface area (Å²) in [6.07, 6.45) is 4.04. The van der Waals surface area contributed by atoms with Gasteiger partial charge >= 0.3 is 0 Å². The molecule has 0 radical (unpaired) electrons. The van der Waals surface area contributed by atoms with Gasteiger partial charge in [-0.25, -0.2) is 0 Å². The molecule has 1 aliphatic carbocycles. The number of benzene rings is 1. The van der Waals surface area contributed by atoms with Crippen LogP contribution in [0.3, 0.4) is 0 Å². The summed E-state index contributed by atoms with van der Waals surface area (Å²) in [6, 6.07) is 13.8. The van der Waals surface area contributed by atoms with E-state index in [1.54, 1.807) is 12.4 Å². The first-order chi connectivity index (χ1) is 12.6. The molecule has 3 rings (SSSR count). The summed E-state index contributed by atoms with van der Waals surface area (Å²) in [5.41, 5.74) is 2.11. The summed E-state index contributed by atoms with van der Waals surface area (Å²) < 4.78 is 0. The van der Waals surface area contributed by atoms with Gasteiger partial charge in [0.05, 0.1) is 11.8 Å². The van der Waals surface area contributed by atoms with Crippen LogP contribution in [0, 0.1) is 11.8 Å². The van der Waals surface area contributed by atoms with Gasteiger partial charge in [0.15, 0.2) is 0 Å². The normalized spacial score (nSPS) is 18.4. The summed E-state index contributed by atoms with van der Waals surface area (Å²) in [5, 5.41) is 2.93. The third kappa shape index (κ3) is 4.48. The van der Waals surface area contributed by atoms with Crippen LogP contribution in [0.15, 0.2) is 54.9 Å². The monoisotopic (exact) mass is 351 g/mol. The Hall–Kier alpha value is -2.69. The first kappa shape index (κ1) is 18.1. The van der Waals surface area contributed by atoms with Crippen molar-refractivity contribution in [3.05, 3.63) is 66.0 Å². The summed E-state index contributed by atoms with van der Waals surface area (Å²) in [6.45, 7) is 5.08. The van der Waals surface area contributed by atoms with Crippen LogP contribution < -0.4 is 5.32 Å². The molecule has 1 fully saturated rings. The molecular weight excluding hydrogens is 326 g/mol. The zero-order valence-corrected chi connectivity index (χ0v) is 15.3. The Balaban J connectivity index is 1.55. The minimum absolute atomic E-state index is 0.0384. The molecule has 0 aliphatic heterocycles. The molecule has 1 heterocycles. The number of nitrogens with one attached hydrogen (secondary N) is 1. The zero-order valence-electron chi connectivity index (χ0n) is 15.3. The van der Waals surface area contributed by atoms with E-state index >= 15 is 0 Å². The lowest BCUT2D eigenvalue weighted by atomic mass is 10.1. The Kier molecular flexibility index (Phi) is 5.66. The van der Waals surface area contributed by atoms with Crippen molar-refractivity contribution in [1.82, 2.24) is 15.2 Å². The molecule has 1 N–H and O–H groups in total. The average Bonchev–Trinajstić information content (AvgIpc) is 3.46. The Morgan fingerprint density at radius 3 is 2.42 bits per heavy atom. The number of pyridine rings is 1. The van der Waals surface area contributed by atoms with Gasteiger partial charge in [-0.3, -0.25) is 14.6 Å². The number of rotatable bonds is 7. The van der Waals surface area contributed by atoms with Crippen LogP contribution in [0.4, 0.5) is 0 Å². The lowest BCUT2D eigenvalue weighted by molar-refractivity contribution is -0.136. The smallest absolute Gasteiger partial charge is 0.227 e. The molecule has 5 heteroatoms. The first-order valence-corrected chi connectivity index (χ1v) is 9.07. The highest BCUT2D eigenvalue weighted by Crippen LogP contribution is 2.40. The minimum atomic E-state index is -0.207. The van der Waals surface area contributed by atoms with Gasteiger partial charge in [0.2, 0.25) is 11.8 Å². The third-order valence-corrected chi connectivity index (χ3v) is 4.76. The largest absolute Gasteiger partial charge is 0.352 e. The van der Waals surface area contributed by atoms with Gasteiger partial charge < -0.3 is 10.2 Å². The molecule has 1 aromatic heterocycles. The van der Waals surface area contributed by atoms with Gasteiger partial charge in [-0.05, 0) is 43.5 Å². The highest BCUT2D eigenvalue weighted by Gasteiger charge is 2.49. The lowest BCUT2D eigenvalue weighted by Gasteiger charge is -2.27. The van der Waals surface area contributed by atoms with Gasteiger partial charge in [-0.1, -0.05) is 30.3 Å². The molecule has 1 aromatic carbocycles. The molecule has 2 aromatic rings. The van der Waals surface area contributed by atoms with Crippen LogP contribution in [0.2, 0.25) is 0 Å². The van der Waals surface area contributed by atoms with Crippen molar-refractivity contribution in [1.29, 1.82) is 0 Å². The van der Waals surface area contributed by atoms with E-state index in [9.17, 15) is 9.59 Å². The molecule has 2 amide bonds. The number of amides is 2. The predicted molar refractivity (Wildman–Crippen MR) is 99.8 cm³/mol. The maximum Gasteiger partial charge on any atom is 0.227 e. The number of nitrogens with zero attached hydrogens (tertiary/aromatic N) is 2. The van der Waals surface area contributed by atoms with Gasteiger partial charge in [0, 0.05) is 31.5 Å². The molecule has 0 bridgehead atoms. The third-order valence-electron chi connectivity index (χ3n) is 4.76. The average molecular weight is 351 g/mol. The molecular formula is C21H25N3O2. The number of hydrogen-bond acceptors (Lipinski definition) is 3. The van der Waals surface area contributed by atoms with E-state index in [0.717, 1.165) is 11.1 Å². The maximum atomic E-state index is 12.9. The number of carbonyl (C=O) groups is 2. The quantitative estimate of drug-likeness (QED) is 0.834. The standard InChI is InChI=1S/C21H25N3O2/c1-15(2)24(14-17-6-4-3-5-7-17)21(26)19-12-18(19)20(25)23-13-16-8-10-22-11-9-16/h3-11,15,18-19H,12-14H2,1-2H3,(H,23,25). The Morgan fingerprint density at radius 2 is 1.77 bits per heavy atom. The molecule has 136 valence electrons. The van der Waals surface area contributed by atoms with Crippen molar-refractivity contribution in [2.24, 2.45) is 11.8 Å². The van der Waals surface area contributed by atoms with Gasteiger partial charge in [0.1, 0.15) is 0 Å². The van der Waals surface area contributed by atoms with Crippen LogP contribution in [0.5, 0.6) is 0 Å². The zero-order chi connectivity index (χ0) is 18.5. The second-order valence-corrected chi connectivity index (χ2v) is 7.07. The SMILES string of the molecule is CC(C)N(Cc1ccccc1)C(=O)C1CC1C(=O)NCc1ccncc1. The second-order valence-electron chi connectivity index (χ2n) is 7.07. The van der Waals surface area contributed by atoms with Crippen molar-refractivity contribution < 1.29 is 9.59 Å². The van der Waals surface area contributed by atoms with E-state index in [0.29, 0.717) is 19.5 Å². The van der Waals surface area contributed by atoms with Crippen LogP contribution in [-0.4, -0.2) is 27.7 Å². The minimum Gasteiger partial charge on any atom is -0.352 e. The molecule has 26 heavy (non-hydrogen) atoms. The fraction of sp³-hybridized carbons (Fsp3) is 0.381. The van der Waals surface area contributed by atoms with Crippen molar-refractivity contribution in [3.8, 4) is 0 Å². The van der Waals surface area contributed by atoms with Gasteiger partial charge in [0.25, 0.3) is 0 Å². The van der Waals surface area contributed by atoms with Crippen molar-refractivity contribution >= 4 is 11.8 Å². The highest BCUT2D eigenvalue weighted by atomic mass is 16.2. The fourth-order valence-electron chi connectivity index (χ4n) is 3.09. The van der Waals surface area contributed by atoms with Gasteiger partial charge in [-0.15, -0.1) is 0 Å². The number of hydrogen-bond donors (Lipinski definition) is 1. The summed E-state index contributed by atoms with van der Waals surface area (Å²) >= 11 is 0. The molecule has 0 spiro atoms. The van der Waals surface area contributed by atoms with E-state index in [1.807, 2.05) is 61.2 Å². The van der Waals surface area contributed by atoms with Crippen LogP contribution in [0.1, 0.15) is 31.4 Å². The molecule has 0 saturated heterocycles. The highest BCUT2D eigenvalue weighted by molar-refractivity contribution is 5.92. The second kappa shape index (κ2) is 8.13. The Labute approximate surface area is 154 Å². The summed E-state index contributed by atoms with van der Waals surface area (Å²) in [5.74, 6) is -0.364. The number of aromatic nitrogens is 1. The van der Waals surface area contributed by atoms with Crippen LogP contribution >= 0.6 is 0 Å². The number of carbonyl (C=O) groups excluding carboxylic acids is 2. The molecule has 2 unspecified atom stereocenters. The fourth-order valence-corrected chi connectivity index (χ4v) is 3.09. The van der Waals surface area contributed by atoms with E-state index < -0.39 is 0 Å². The molecule has 5 nitrogen and oxygen atoms in total. The van der Waals surface area contributed by atoms with Crippen molar-refractivity contribution in [2.45, 2.75) is 39.4 Å². The topological polar surface area (TPSA) is 62.3 Å². The maximum absolute atomic E-state index is 12.9. The Bertz CT molecular complexity index is 746. The summed E-state index contributed by atoms with van der Waals surface area (Å²) in [7, 11) is 0. The predicted octanol–water partition coefficient (Wildman–Crippen LogP) is 2.77. The van der Waals surface area contributed by atoms with Crippen LogP contribution in [0.25, 0.3) is 0 Å². The molecule has 1 saturated carbocycles. The molecule has 1 aliphatic rings. The van der Waals surface area contributed by atoms with E-state index in [2.05, 4.69) is 10.3 Å². The van der Waals surface area contributed by atoms with Crippen LogP contribution in [-0.2, 0) is 22.7 Å². The molecule has 2 atom stereocenters. The Morgan fingerprint density at radius 1 is 1.08 bits per heavy atom. The van der Waals surface area contributed by atoms with Crippen molar-refractivity contribution in [3.63, 3.8) is 0 Å². The van der Waals surface area contributed by atoms with Gasteiger partial charge in [-0.2, -0.15) is 0 Å². The van der Waals surface area contributed by atoms with E-state index in [-0.39, 0.29) is 29.7 Å².